The van der Waals surface area contributed by atoms with Crippen LogP contribution in [0.3, 0.4) is 0 Å². The molecule has 0 aliphatic heterocycles. The van der Waals surface area contributed by atoms with Crippen LogP contribution in [0.1, 0.15) is 5.01 Å². The predicted molar refractivity (Wildman–Crippen MR) is 140 cm³/mol. The lowest BCUT2D eigenvalue weighted by molar-refractivity contribution is 0.597. The van der Waals surface area contributed by atoms with E-state index in [0.29, 0.717) is 23.8 Å². The molecule has 6 aromatic rings. The number of fused-ring (bicyclic) bond motifs is 2. The highest BCUT2D eigenvalue weighted by atomic mass is 32.2. The Bertz CT molecular complexity index is 1800. The van der Waals surface area contributed by atoms with E-state index in [1.807, 2.05) is 66.9 Å². The number of sulfonamides is 1. The smallest absolute Gasteiger partial charge is 0.239 e. The van der Waals surface area contributed by atoms with Gasteiger partial charge in [0.2, 0.25) is 10.0 Å². The third kappa shape index (κ3) is 4.19. The fourth-order valence-electron chi connectivity index (χ4n) is 3.97. The number of rotatable bonds is 6. The average molecular weight is 514 g/mol. The minimum absolute atomic E-state index is 0.106. The number of primary sulfonamides is 1. The van der Waals surface area contributed by atoms with Crippen molar-refractivity contribution in [3.8, 4) is 22.5 Å². The number of hydrogen-bond donors (Lipinski definition) is 2. The van der Waals surface area contributed by atoms with Crippen molar-refractivity contribution >= 4 is 42.9 Å². The lowest BCUT2D eigenvalue weighted by atomic mass is 10.1. The third-order valence-corrected chi connectivity index (χ3v) is 7.56. The second-order valence-electron chi connectivity index (χ2n) is 8.06. The Kier molecular flexibility index (Phi) is 5.44. The molecule has 0 radical (unpaired) electrons. The molecule has 2 aromatic carbocycles. The Balaban J connectivity index is 1.47. The van der Waals surface area contributed by atoms with E-state index in [2.05, 4.69) is 15.4 Å². The zero-order valence-corrected chi connectivity index (χ0v) is 20.4. The first-order chi connectivity index (χ1) is 17.5. The van der Waals surface area contributed by atoms with E-state index in [-0.39, 0.29) is 4.90 Å². The van der Waals surface area contributed by atoms with E-state index in [1.54, 1.807) is 15.9 Å². The number of nitrogens with two attached hydrogens (primary N) is 1. The molecule has 0 spiro atoms. The van der Waals surface area contributed by atoms with Crippen LogP contribution >= 0.6 is 11.3 Å². The highest BCUT2D eigenvalue weighted by Crippen LogP contribution is 2.32. The number of nitrogens with zero attached hydrogens (tertiary/aromatic N) is 5. The maximum Gasteiger partial charge on any atom is 0.239 e. The fraction of sp³-hybridized carbons (Fsp3) is 0.0400. The van der Waals surface area contributed by atoms with E-state index in [1.165, 1.54) is 18.5 Å². The fourth-order valence-corrected chi connectivity index (χ4v) is 5.38. The van der Waals surface area contributed by atoms with Gasteiger partial charge in [-0.2, -0.15) is 0 Å². The van der Waals surface area contributed by atoms with Crippen molar-refractivity contribution in [3.05, 3.63) is 90.3 Å². The summed E-state index contributed by atoms with van der Waals surface area (Å²) < 4.78 is 26.6. The van der Waals surface area contributed by atoms with Crippen molar-refractivity contribution in [3.63, 3.8) is 0 Å². The molecule has 9 nitrogen and oxygen atoms in total. The van der Waals surface area contributed by atoms with E-state index in [0.717, 1.165) is 31.9 Å². The molecule has 0 bridgehead atoms. The highest BCUT2D eigenvalue weighted by molar-refractivity contribution is 7.89. The number of nitrogens with one attached hydrogen (secondary N) is 1. The Morgan fingerprint density at radius 2 is 1.75 bits per heavy atom. The zero-order valence-electron chi connectivity index (χ0n) is 18.7. The Labute approximate surface area is 210 Å². The number of thiazole rings is 1. The summed E-state index contributed by atoms with van der Waals surface area (Å²) >= 11 is 1.62. The quantitative estimate of drug-likeness (QED) is 0.339. The van der Waals surface area contributed by atoms with Gasteiger partial charge in [0.1, 0.15) is 15.4 Å². The Morgan fingerprint density at radius 3 is 2.56 bits per heavy atom. The van der Waals surface area contributed by atoms with E-state index in [4.69, 9.17) is 15.1 Å². The molecular formula is C25H19N7O2S2. The van der Waals surface area contributed by atoms with Crippen LogP contribution in [0.5, 0.6) is 0 Å². The number of anilines is 1. The number of pyridine rings is 1. The molecule has 0 atom stereocenters. The summed E-state index contributed by atoms with van der Waals surface area (Å²) in [6.45, 7) is 0.459. The standard InChI is InChI=1S/C25H19N7O2S2/c26-36(33,34)18-12-17(13-27-14-18)24-30-25(28-15-22-29-20-8-4-5-9-21(20)35-22)23-19(10-11-32(23)31-24)16-6-2-1-3-7-16/h1-14H,15H2,(H2,26,33,34)(H,28,30,31). The van der Waals surface area contributed by atoms with Crippen molar-refractivity contribution in [1.82, 2.24) is 24.6 Å². The molecule has 0 saturated carbocycles. The lowest BCUT2D eigenvalue weighted by Gasteiger charge is -2.11. The molecule has 0 saturated heterocycles. The Hall–Kier alpha value is -4.19. The van der Waals surface area contributed by atoms with Crippen molar-refractivity contribution in [1.29, 1.82) is 0 Å². The summed E-state index contributed by atoms with van der Waals surface area (Å²) in [5.41, 5.74) is 4.16. The summed E-state index contributed by atoms with van der Waals surface area (Å²) in [6, 6.07) is 21.4. The second kappa shape index (κ2) is 8.79. The predicted octanol–water partition coefficient (Wildman–Crippen LogP) is 4.33. The maximum atomic E-state index is 11.9. The van der Waals surface area contributed by atoms with Crippen LogP contribution in [0.4, 0.5) is 5.82 Å². The molecule has 0 amide bonds. The second-order valence-corrected chi connectivity index (χ2v) is 10.7. The van der Waals surface area contributed by atoms with Crippen LogP contribution in [0.2, 0.25) is 0 Å². The molecule has 4 heterocycles. The van der Waals surface area contributed by atoms with E-state index >= 15 is 0 Å². The largest absolute Gasteiger partial charge is 0.362 e. The van der Waals surface area contributed by atoms with Gasteiger partial charge in [0, 0.05) is 29.7 Å². The topological polar surface area (TPSA) is 128 Å². The van der Waals surface area contributed by atoms with Crippen LogP contribution in [-0.2, 0) is 16.6 Å². The van der Waals surface area contributed by atoms with Crippen LogP contribution in [0.15, 0.2) is 90.2 Å². The van der Waals surface area contributed by atoms with Gasteiger partial charge in [-0.1, -0.05) is 42.5 Å². The summed E-state index contributed by atoms with van der Waals surface area (Å²) in [4.78, 5) is 13.4. The van der Waals surface area contributed by atoms with Gasteiger partial charge in [0.05, 0.1) is 16.8 Å². The summed E-state index contributed by atoms with van der Waals surface area (Å²) in [6.07, 6.45) is 4.56. The van der Waals surface area contributed by atoms with Crippen molar-refractivity contribution < 1.29 is 8.42 Å². The van der Waals surface area contributed by atoms with Gasteiger partial charge in [0.25, 0.3) is 0 Å². The molecule has 0 fully saturated rings. The molecule has 0 aliphatic carbocycles. The van der Waals surface area contributed by atoms with Crippen LogP contribution < -0.4 is 10.5 Å². The van der Waals surface area contributed by atoms with Crippen LogP contribution in [0.25, 0.3) is 38.2 Å². The van der Waals surface area contributed by atoms with Gasteiger partial charge in [-0.05, 0) is 29.8 Å². The summed E-state index contributed by atoms with van der Waals surface area (Å²) in [5.74, 6) is 0.895. The lowest BCUT2D eigenvalue weighted by Crippen LogP contribution is -2.13. The minimum Gasteiger partial charge on any atom is -0.362 e. The molecule has 4 aromatic heterocycles. The first-order valence-electron chi connectivity index (χ1n) is 11.0. The third-order valence-electron chi connectivity index (χ3n) is 5.64. The molecule has 36 heavy (non-hydrogen) atoms. The number of para-hydroxylation sites is 1. The normalized spacial score (nSPS) is 11.8. The molecule has 6 rings (SSSR count). The average Bonchev–Trinajstić information content (AvgIpc) is 3.51. The van der Waals surface area contributed by atoms with Crippen molar-refractivity contribution in [2.45, 2.75) is 11.4 Å². The van der Waals surface area contributed by atoms with E-state index < -0.39 is 10.0 Å². The Morgan fingerprint density at radius 1 is 0.944 bits per heavy atom. The van der Waals surface area contributed by atoms with E-state index in [9.17, 15) is 8.42 Å². The minimum atomic E-state index is -3.92. The van der Waals surface area contributed by atoms with Gasteiger partial charge < -0.3 is 5.32 Å². The van der Waals surface area contributed by atoms with Gasteiger partial charge in [-0.25, -0.2) is 28.0 Å². The van der Waals surface area contributed by atoms with Crippen LogP contribution in [-0.4, -0.2) is 33.0 Å². The maximum absolute atomic E-state index is 11.9. The molecule has 178 valence electrons. The van der Waals surface area contributed by atoms with Crippen LogP contribution in [0, 0.1) is 0 Å². The zero-order chi connectivity index (χ0) is 24.7. The van der Waals surface area contributed by atoms with Gasteiger partial charge in [0.15, 0.2) is 11.6 Å². The molecule has 3 N–H and O–H groups in total. The monoisotopic (exact) mass is 513 g/mol. The summed E-state index contributed by atoms with van der Waals surface area (Å²) in [7, 11) is -3.92. The number of hydrogen-bond acceptors (Lipinski definition) is 8. The van der Waals surface area contributed by atoms with Crippen molar-refractivity contribution in [2.75, 3.05) is 5.32 Å². The molecular weight excluding hydrogens is 494 g/mol. The first-order valence-corrected chi connectivity index (χ1v) is 13.3. The molecule has 0 aliphatic rings. The molecule has 11 heteroatoms. The number of aromatic nitrogens is 5. The molecule has 0 unspecified atom stereocenters. The SMILES string of the molecule is NS(=O)(=O)c1cncc(-c2nc(NCc3nc4ccccc4s3)c3c(-c4ccccc4)ccn3n2)c1. The van der Waals surface area contributed by atoms with Gasteiger partial charge in [-0.3, -0.25) is 4.98 Å². The van der Waals surface area contributed by atoms with Crippen molar-refractivity contribution in [2.24, 2.45) is 5.14 Å². The first kappa shape index (κ1) is 22.3. The highest BCUT2D eigenvalue weighted by Gasteiger charge is 2.17. The summed E-state index contributed by atoms with van der Waals surface area (Å²) in [5, 5.41) is 14.3. The van der Waals surface area contributed by atoms with Gasteiger partial charge >= 0.3 is 0 Å². The number of benzene rings is 2. The van der Waals surface area contributed by atoms with Gasteiger partial charge in [-0.15, -0.1) is 16.4 Å².